The number of hydrogen-bond acceptors (Lipinski definition) is 4. The largest absolute Gasteiger partial charge is 0.456 e. The second-order valence-electron chi connectivity index (χ2n) is 16.9. The first-order valence-corrected chi connectivity index (χ1v) is 22.1. The summed E-state index contributed by atoms with van der Waals surface area (Å²) < 4.78 is 8.85. The Hall–Kier alpha value is -8.80. The molecule has 0 aliphatic carbocycles. The van der Waals surface area contributed by atoms with Crippen molar-refractivity contribution >= 4 is 115 Å². The minimum Gasteiger partial charge on any atom is -0.456 e. The molecule has 0 spiro atoms. The number of anilines is 3. The fourth-order valence-electron chi connectivity index (χ4n) is 10.5. The minimum atomic E-state index is 0.614. The van der Waals surface area contributed by atoms with Gasteiger partial charge in [0.2, 0.25) is 5.95 Å². The second kappa shape index (κ2) is 13.9. The average Bonchev–Trinajstić information content (AvgIpc) is 3.93. The summed E-state index contributed by atoms with van der Waals surface area (Å²) in [5.74, 6) is 0.614. The Bertz CT molecular complexity index is 4250. The summed E-state index contributed by atoms with van der Waals surface area (Å²) in [6, 6.07) is 77.8. The van der Waals surface area contributed by atoms with E-state index < -0.39 is 0 Å². The van der Waals surface area contributed by atoms with Crippen LogP contribution in [0.25, 0.3) is 115 Å². The Labute approximate surface area is 372 Å². The van der Waals surface area contributed by atoms with Gasteiger partial charge in [-0.25, -0.2) is 9.97 Å². The quantitative estimate of drug-likeness (QED) is 0.162. The third-order valence-corrected chi connectivity index (χ3v) is 13.3. The highest BCUT2D eigenvalue weighted by Crippen LogP contribution is 2.46. The first-order chi connectivity index (χ1) is 32.2. The molecule has 5 nitrogen and oxygen atoms in total. The molecule has 3 aromatic heterocycles. The van der Waals surface area contributed by atoms with Gasteiger partial charge in [-0.3, -0.25) is 4.57 Å². The zero-order valence-corrected chi connectivity index (χ0v) is 35.0. The Kier molecular flexibility index (Phi) is 7.62. The molecule has 11 aromatic carbocycles. The lowest BCUT2D eigenvalue weighted by molar-refractivity contribution is 0.669. The molecule has 0 atom stereocenters. The summed E-state index contributed by atoms with van der Waals surface area (Å²) in [5, 5.41) is 14.6. The lowest BCUT2D eigenvalue weighted by Crippen LogP contribution is -2.09. The van der Waals surface area contributed by atoms with Crippen molar-refractivity contribution in [3.63, 3.8) is 0 Å². The molecule has 65 heavy (non-hydrogen) atoms. The van der Waals surface area contributed by atoms with Crippen LogP contribution in [0.3, 0.4) is 0 Å². The molecule has 0 saturated heterocycles. The van der Waals surface area contributed by atoms with Crippen LogP contribution in [0.4, 0.5) is 17.1 Å². The van der Waals surface area contributed by atoms with Crippen LogP contribution in [-0.2, 0) is 0 Å². The number of nitrogens with zero attached hydrogens (tertiary/aromatic N) is 4. The van der Waals surface area contributed by atoms with Gasteiger partial charge in [0.05, 0.1) is 22.2 Å². The van der Waals surface area contributed by atoms with Crippen molar-refractivity contribution in [3.05, 3.63) is 218 Å². The molecular formula is C60H36N4O. The summed E-state index contributed by atoms with van der Waals surface area (Å²) in [7, 11) is 0. The van der Waals surface area contributed by atoms with Gasteiger partial charge in [0.25, 0.3) is 0 Å². The van der Waals surface area contributed by atoms with E-state index in [9.17, 15) is 0 Å². The average molecular weight is 829 g/mol. The van der Waals surface area contributed by atoms with Gasteiger partial charge in [0.1, 0.15) is 11.2 Å². The number of aromatic nitrogens is 3. The van der Waals surface area contributed by atoms with E-state index in [1.54, 1.807) is 0 Å². The molecular weight excluding hydrogens is 793 g/mol. The molecule has 0 aliphatic rings. The van der Waals surface area contributed by atoms with E-state index in [1.165, 1.54) is 21.5 Å². The second-order valence-corrected chi connectivity index (χ2v) is 16.9. The lowest BCUT2D eigenvalue weighted by Gasteiger charge is -2.26. The summed E-state index contributed by atoms with van der Waals surface area (Å²) in [4.78, 5) is 13.7. The van der Waals surface area contributed by atoms with Gasteiger partial charge >= 0.3 is 0 Å². The third kappa shape index (κ3) is 5.33. The van der Waals surface area contributed by atoms with Crippen molar-refractivity contribution in [2.24, 2.45) is 0 Å². The Balaban J connectivity index is 1.11. The monoisotopic (exact) mass is 828 g/mol. The number of para-hydroxylation sites is 2. The van der Waals surface area contributed by atoms with Crippen molar-refractivity contribution < 1.29 is 4.42 Å². The Morgan fingerprint density at radius 1 is 0.369 bits per heavy atom. The number of hydrogen-bond donors (Lipinski definition) is 0. The van der Waals surface area contributed by atoms with Crippen molar-refractivity contribution in [3.8, 4) is 17.2 Å². The van der Waals surface area contributed by atoms with Crippen LogP contribution < -0.4 is 4.90 Å². The van der Waals surface area contributed by atoms with Crippen molar-refractivity contribution in [2.45, 2.75) is 0 Å². The molecule has 0 bridgehead atoms. The Morgan fingerprint density at radius 2 is 0.985 bits per heavy atom. The first kappa shape index (κ1) is 35.8. The molecule has 14 aromatic rings. The number of furan rings is 1. The van der Waals surface area contributed by atoms with E-state index in [0.29, 0.717) is 5.95 Å². The van der Waals surface area contributed by atoms with E-state index in [0.717, 1.165) is 105 Å². The van der Waals surface area contributed by atoms with Gasteiger partial charge < -0.3 is 9.32 Å². The number of benzene rings is 11. The van der Waals surface area contributed by atoms with Crippen molar-refractivity contribution in [1.82, 2.24) is 14.5 Å². The SMILES string of the molecule is c1ccc(-c2nc(-n3c4ccc5oc6ccccc6c5c4c4ccc5cc(N(c6ccccc6)c6ccc7ccccc7c6)ccc5c43)nc3c4ccccc4c4ccccc4c23)cc1. The van der Waals surface area contributed by atoms with Gasteiger partial charge in [-0.15, -0.1) is 0 Å². The van der Waals surface area contributed by atoms with Crippen LogP contribution in [-0.4, -0.2) is 14.5 Å². The summed E-state index contributed by atoms with van der Waals surface area (Å²) in [5.41, 5.74) is 9.87. The van der Waals surface area contributed by atoms with Crippen LogP contribution in [0.15, 0.2) is 223 Å². The molecule has 0 radical (unpaired) electrons. The van der Waals surface area contributed by atoms with Gasteiger partial charge in [0, 0.05) is 60.3 Å². The summed E-state index contributed by atoms with van der Waals surface area (Å²) >= 11 is 0. The van der Waals surface area contributed by atoms with Gasteiger partial charge in [0.15, 0.2) is 0 Å². The van der Waals surface area contributed by atoms with E-state index in [2.05, 4.69) is 222 Å². The maximum Gasteiger partial charge on any atom is 0.235 e. The van der Waals surface area contributed by atoms with Crippen molar-refractivity contribution in [1.29, 1.82) is 0 Å². The maximum atomic E-state index is 6.54. The fourth-order valence-corrected chi connectivity index (χ4v) is 10.5. The van der Waals surface area contributed by atoms with E-state index in [-0.39, 0.29) is 0 Å². The molecule has 302 valence electrons. The highest BCUT2D eigenvalue weighted by atomic mass is 16.3. The standard InChI is InChI=1S/C60H36N4O/c1-3-16-38(17-4-1)57-56-47-23-11-9-21-45(47)46-22-10-12-24-48(46)58(56)62-60(61-57)64-51-33-34-53-55(49-25-13-14-26-52(49)65-53)54(51)50-31-28-40-36-43(30-32-44(40)59(50)64)63(41-19-5-2-6-20-41)42-29-27-37-15-7-8-18-39(37)35-42/h1-36H. The van der Waals surface area contributed by atoms with E-state index >= 15 is 0 Å². The predicted octanol–water partition coefficient (Wildman–Crippen LogP) is 16.4. The summed E-state index contributed by atoms with van der Waals surface area (Å²) in [6.45, 7) is 0. The van der Waals surface area contributed by atoms with E-state index in [4.69, 9.17) is 14.4 Å². The number of fused-ring (bicyclic) bond motifs is 16. The zero-order valence-electron chi connectivity index (χ0n) is 35.0. The van der Waals surface area contributed by atoms with E-state index in [1.807, 2.05) is 6.07 Å². The third-order valence-electron chi connectivity index (χ3n) is 13.3. The molecule has 0 amide bonds. The molecule has 0 aliphatic heterocycles. The van der Waals surface area contributed by atoms with Gasteiger partial charge in [-0.05, 0) is 86.9 Å². The highest BCUT2D eigenvalue weighted by molar-refractivity contribution is 6.31. The first-order valence-electron chi connectivity index (χ1n) is 22.1. The lowest BCUT2D eigenvalue weighted by atomic mass is 9.94. The van der Waals surface area contributed by atoms with Crippen LogP contribution in [0.2, 0.25) is 0 Å². The zero-order chi connectivity index (χ0) is 42.6. The molecule has 0 fully saturated rings. The molecule has 0 saturated carbocycles. The fraction of sp³-hybridized carbons (Fsp3) is 0. The minimum absolute atomic E-state index is 0.614. The molecule has 0 N–H and O–H groups in total. The molecule has 0 unspecified atom stereocenters. The normalized spacial score (nSPS) is 12.0. The number of rotatable bonds is 5. The smallest absolute Gasteiger partial charge is 0.235 e. The molecule has 14 rings (SSSR count). The van der Waals surface area contributed by atoms with Crippen LogP contribution in [0.5, 0.6) is 0 Å². The Morgan fingerprint density at radius 3 is 1.80 bits per heavy atom. The predicted molar refractivity (Wildman–Crippen MR) is 271 cm³/mol. The highest BCUT2D eigenvalue weighted by Gasteiger charge is 2.25. The van der Waals surface area contributed by atoms with Crippen LogP contribution >= 0.6 is 0 Å². The topological polar surface area (TPSA) is 47.1 Å². The van der Waals surface area contributed by atoms with Crippen LogP contribution in [0.1, 0.15) is 0 Å². The molecule has 3 heterocycles. The van der Waals surface area contributed by atoms with Gasteiger partial charge in [-0.1, -0.05) is 164 Å². The van der Waals surface area contributed by atoms with Crippen LogP contribution in [0, 0.1) is 0 Å². The van der Waals surface area contributed by atoms with Gasteiger partial charge in [-0.2, -0.15) is 0 Å². The van der Waals surface area contributed by atoms with Crippen molar-refractivity contribution in [2.75, 3.05) is 4.90 Å². The maximum absolute atomic E-state index is 6.54. The summed E-state index contributed by atoms with van der Waals surface area (Å²) in [6.07, 6.45) is 0. The molecule has 5 heteroatoms.